The van der Waals surface area contributed by atoms with Crippen molar-refractivity contribution in [1.82, 2.24) is 4.98 Å². The van der Waals surface area contributed by atoms with E-state index in [2.05, 4.69) is 10.3 Å². The summed E-state index contributed by atoms with van der Waals surface area (Å²) in [6, 6.07) is 7.34. The largest absolute Gasteiger partial charge is 0.417 e. The van der Waals surface area contributed by atoms with Crippen LogP contribution in [0.5, 0.6) is 0 Å². The van der Waals surface area contributed by atoms with Crippen LogP contribution in [0.15, 0.2) is 41.6 Å². The van der Waals surface area contributed by atoms with E-state index in [1.807, 2.05) is 0 Å². The fourth-order valence-electron chi connectivity index (χ4n) is 1.70. The second-order valence-corrected chi connectivity index (χ2v) is 6.03. The molecular formula is C15H12ClF3N2OS. The summed E-state index contributed by atoms with van der Waals surface area (Å²) in [6.07, 6.45) is -3.67. The average molecular weight is 361 g/mol. The Balaban J connectivity index is 1.93. The summed E-state index contributed by atoms with van der Waals surface area (Å²) >= 11 is 7.02. The third-order valence-corrected chi connectivity index (χ3v) is 4.31. The quantitative estimate of drug-likeness (QED) is 0.797. The number of nitrogens with zero attached hydrogens (tertiary/aromatic N) is 1. The zero-order chi connectivity index (χ0) is 17.0. The highest BCUT2D eigenvalue weighted by Crippen LogP contribution is 2.29. The van der Waals surface area contributed by atoms with Crippen LogP contribution < -0.4 is 5.32 Å². The molecule has 8 heteroatoms. The van der Waals surface area contributed by atoms with Crippen LogP contribution in [0, 0.1) is 6.92 Å². The van der Waals surface area contributed by atoms with Crippen LogP contribution in [0.3, 0.4) is 0 Å². The van der Waals surface area contributed by atoms with Crippen LogP contribution in [-0.4, -0.2) is 16.6 Å². The molecule has 0 saturated heterocycles. The summed E-state index contributed by atoms with van der Waals surface area (Å²) in [5.41, 5.74) is 0.532. The summed E-state index contributed by atoms with van der Waals surface area (Å²) in [6.45, 7) is 1.78. The Morgan fingerprint density at radius 1 is 1.30 bits per heavy atom. The minimum absolute atomic E-state index is 0.0321. The first kappa shape index (κ1) is 17.6. The summed E-state index contributed by atoms with van der Waals surface area (Å²) in [5.74, 6) is -0.258. The van der Waals surface area contributed by atoms with Crippen LogP contribution in [0.1, 0.15) is 11.1 Å². The number of carbonyl (C=O) groups is 1. The molecule has 122 valence electrons. The van der Waals surface area contributed by atoms with Gasteiger partial charge in [0.1, 0.15) is 0 Å². The van der Waals surface area contributed by atoms with Gasteiger partial charge in [-0.15, -0.1) is 0 Å². The van der Waals surface area contributed by atoms with E-state index in [1.54, 1.807) is 25.1 Å². The van der Waals surface area contributed by atoms with Crippen molar-refractivity contribution in [2.75, 3.05) is 11.1 Å². The van der Waals surface area contributed by atoms with Crippen LogP contribution >= 0.6 is 23.4 Å². The lowest BCUT2D eigenvalue weighted by Crippen LogP contribution is -2.15. The number of halogens is 4. The Kier molecular flexibility index (Phi) is 5.54. The third-order valence-electron chi connectivity index (χ3n) is 2.96. The smallest absolute Gasteiger partial charge is 0.325 e. The van der Waals surface area contributed by atoms with Gasteiger partial charge in [0.05, 0.1) is 16.3 Å². The first-order chi connectivity index (χ1) is 10.8. The highest BCUT2D eigenvalue weighted by molar-refractivity contribution is 7.99. The Bertz CT molecular complexity index is 705. The van der Waals surface area contributed by atoms with Gasteiger partial charge in [-0.2, -0.15) is 13.2 Å². The molecule has 1 N–H and O–H groups in total. The van der Waals surface area contributed by atoms with E-state index >= 15 is 0 Å². The molecule has 0 bridgehead atoms. The molecule has 1 aromatic carbocycles. The summed E-state index contributed by atoms with van der Waals surface area (Å²) in [7, 11) is 0. The number of alkyl halides is 3. The monoisotopic (exact) mass is 360 g/mol. The van der Waals surface area contributed by atoms with Gasteiger partial charge in [-0.3, -0.25) is 4.79 Å². The lowest BCUT2D eigenvalue weighted by atomic mass is 10.2. The number of amides is 1. The molecule has 0 fully saturated rings. The van der Waals surface area contributed by atoms with E-state index < -0.39 is 11.7 Å². The normalized spacial score (nSPS) is 11.3. The van der Waals surface area contributed by atoms with Crippen molar-refractivity contribution in [3.8, 4) is 0 Å². The summed E-state index contributed by atoms with van der Waals surface area (Å²) in [4.78, 5) is 15.6. The number of carbonyl (C=O) groups excluding carboxylic acids is 1. The van der Waals surface area contributed by atoms with E-state index in [0.717, 1.165) is 29.6 Å². The van der Waals surface area contributed by atoms with Crippen molar-refractivity contribution in [1.29, 1.82) is 0 Å². The number of anilines is 1. The molecule has 0 radical (unpaired) electrons. The summed E-state index contributed by atoms with van der Waals surface area (Å²) < 4.78 is 37.3. The minimum atomic E-state index is -4.42. The third kappa shape index (κ3) is 4.87. The van der Waals surface area contributed by atoms with Crippen molar-refractivity contribution in [2.45, 2.75) is 18.1 Å². The van der Waals surface area contributed by atoms with E-state index in [9.17, 15) is 18.0 Å². The maximum Gasteiger partial charge on any atom is 0.417 e. The second kappa shape index (κ2) is 7.23. The molecule has 0 aliphatic heterocycles. The van der Waals surface area contributed by atoms with E-state index in [-0.39, 0.29) is 11.7 Å². The van der Waals surface area contributed by atoms with Crippen LogP contribution in [0.4, 0.5) is 18.9 Å². The maximum absolute atomic E-state index is 12.4. The zero-order valence-electron chi connectivity index (χ0n) is 11.9. The molecular weight excluding hydrogens is 349 g/mol. The number of thioether (sulfide) groups is 1. The molecule has 2 aromatic rings. The maximum atomic E-state index is 12.4. The first-order valence-electron chi connectivity index (χ1n) is 6.48. The van der Waals surface area contributed by atoms with Gasteiger partial charge in [-0.05, 0) is 36.8 Å². The molecule has 0 aliphatic rings. The SMILES string of the molecule is Cc1c(Cl)cccc1NC(=O)CSc1ccc(C(F)(F)F)cn1. The zero-order valence-corrected chi connectivity index (χ0v) is 13.5. The Morgan fingerprint density at radius 2 is 2.04 bits per heavy atom. The highest BCUT2D eigenvalue weighted by atomic mass is 35.5. The van der Waals surface area contributed by atoms with E-state index in [0.29, 0.717) is 15.7 Å². The van der Waals surface area contributed by atoms with Gasteiger partial charge < -0.3 is 5.32 Å². The van der Waals surface area contributed by atoms with Gasteiger partial charge in [0.15, 0.2) is 0 Å². The standard InChI is InChI=1S/C15H12ClF3N2OS/c1-9-11(16)3-2-4-12(9)21-13(22)8-23-14-6-5-10(7-20-14)15(17,18)19/h2-7H,8H2,1H3,(H,21,22). The molecule has 1 aromatic heterocycles. The van der Waals surface area contributed by atoms with Crippen LogP contribution in [0.2, 0.25) is 5.02 Å². The minimum Gasteiger partial charge on any atom is -0.325 e. The number of rotatable bonds is 4. The number of nitrogens with one attached hydrogen (secondary N) is 1. The van der Waals surface area contributed by atoms with E-state index in [4.69, 9.17) is 11.6 Å². The summed E-state index contributed by atoms with van der Waals surface area (Å²) in [5, 5.41) is 3.59. The number of benzene rings is 1. The fraction of sp³-hybridized carbons (Fsp3) is 0.200. The van der Waals surface area contributed by atoms with Crippen LogP contribution in [0.25, 0.3) is 0 Å². The van der Waals surface area contributed by atoms with E-state index in [1.165, 1.54) is 6.07 Å². The molecule has 2 rings (SSSR count). The Labute approximate surface area is 140 Å². The predicted molar refractivity (Wildman–Crippen MR) is 84.8 cm³/mol. The van der Waals surface area contributed by atoms with Gasteiger partial charge in [0, 0.05) is 16.9 Å². The Morgan fingerprint density at radius 3 is 2.65 bits per heavy atom. The van der Waals surface area contributed by atoms with Gasteiger partial charge in [-0.25, -0.2) is 4.98 Å². The second-order valence-electron chi connectivity index (χ2n) is 4.63. The van der Waals surface area contributed by atoms with Crippen molar-refractivity contribution in [3.63, 3.8) is 0 Å². The molecule has 0 spiro atoms. The van der Waals surface area contributed by atoms with Gasteiger partial charge in [-0.1, -0.05) is 29.4 Å². The number of hydrogen-bond acceptors (Lipinski definition) is 3. The predicted octanol–water partition coefficient (Wildman–Crippen LogP) is 4.79. The van der Waals surface area contributed by atoms with Crippen LogP contribution in [-0.2, 0) is 11.0 Å². The molecule has 3 nitrogen and oxygen atoms in total. The molecule has 0 atom stereocenters. The van der Waals surface area contributed by atoms with Crippen molar-refractivity contribution in [2.24, 2.45) is 0 Å². The fourth-order valence-corrected chi connectivity index (χ4v) is 2.52. The molecule has 1 heterocycles. The average Bonchev–Trinajstić information content (AvgIpc) is 2.49. The topological polar surface area (TPSA) is 42.0 Å². The number of hydrogen-bond donors (Lipinski definition) is 1. The lowest BCUT2D eigenvalue weighted by Gasteiger charge is -2.09. The molecule has 0 saturated carbocycles. The van der Waals surface area contributed by atoms with Gasteiger partial charge in [0.2, 0.25) is 5.91 Å². The van der Waals surface area contributed by atoms with Crippen molar-refractivity contribution < 1.29 is 18.0 Å². The van der Waals surface area contributed by atoms with Crippen molar-refractivity contribution >= 4 is 35.0 Å². The number of aromatic nitrogens is 1. The highest BCUT2D eigenvalue weighted by Gasteiger charge is 2.30. The Hall–Kier alpha value is -1.73. The van der Waals surface area contributed by atoms with Crippen molar-refractivity contribution in [3.05, 3.63) is 52.7 Å². The van der Waals surface area contributed by atoms with Gasteiger partial charge in [0.25, 0.3) is 0 Å². The lowest BCUT2D eigenvalue weighted by molar-refractivity contribution is -0.137. The first-order valence-corrected chi connectivity index (χ1v) is 7.85. The molecule has 1 amide bonds. The molecule has 0 aliphatic carbocycles. The number of pyridine rings is 1. The van der Waals surface area contributed by atoms with Gasteiger partial charge >= 0.3 is 6.18 Å². The molecule has 23 heavy (non-hydrogen) atoms. The molecule has 0 unspecified atom stereocenters.